The van der Waals surface area contributed by atoms with Gasteiger partial charge in [-0.25, -0.2) is 10.5 Å². The lowest BCUT2D eigenvalue weighted by Crippen LogP contribution is -2.21. The van der Waals surface area contributed by atoms with Crippen LogP contribution in [0.15, 0.2) is 41.8 Å². The molecular weight excluding hydrogens is 260 g/mol. The third-order valence-corrected chi connectivity index (χ3v) is 3.09. The summed E-state index contributed by atoms with van der Waals surface area (Å²) < 4.78 is 0. The first-order chi connectivity index (χ1) is 9.24. The number of amides is 1. The van der Waals surface area contributed by atoms with Crippen LogP contribution in [-0.2, 0) is 16.2 Å². The molecule has 0 bridgehead atoms. The molecule has 4 nitrogen and oxygen atoms in total. The smallest absolute Gasteiger partial charge is 0.267 e. The number of nitrogens with one attached hydrogen (secondary N) is 1. The van der Waals surface area contributed by atoms with E-state index in [1.807, 2.05) is 42.6 Å². The van der Waals surface area contributed by atoms with Crippen molar-refractivity contribution in [1.29, 1.82) is 0 Å². The highest BCUT2D eigenvalue weighted by atomic mass is 32.1. The van der Waals surface area contributed by atoms with E-state index in [-0.39, 0.29) is 5.91 Å². The van der Waals surface area contributed by atoms with Gasteiger partial charge >= 0.3 is 0 Å². The SMILES string of the molecule is Cc1nc(/C=C\C(=O)NOCc2ccccc2)cs1. The number of aromatic nitrogens is 1. The van der Waals surface area contributed by atoms with E-state index in [4.69, 9.17) is 4.84 Å². The zero-order chi connectivity index (χ0) is 13.5. The van der Waals surface area contributed by atoms with Crippen LogP contribution in [0.25, 0.3) is 6.08 Å². The molecule has 0 spiro atoms. The van der Waals surface area contributed by atoms with Crippen molar-refractivity contribution in [2.24, 2.45) is 0 Å². The highest BCUT2D eigenvalue weighted by Crippen LogP contribution is 2.08. The molecule has 0 fully saturated rings. The summed E-state index contributed by atoms with van der Waals surface area (Å²) in [7, 11) is 0. The van der Waals surface area contributed by atoms with Gasteiger partial charge in [-0.15, -0.1) is 11.3 Å². The summed E-state index contributed by atoms with van der Waals surface area (Å²) in [6.45, 7) is 2.27. The maximum Gasteiger partial charge on any atom is 0.267 e. The van der Waals surface area contributed by atoms with E-state index in [2.05, 4.69) is 10.5 Å². The van der Waals surface area contributed by atoms with E-state index >= 15 is 0 Å². The zero-order valence-corrected chi connectivity index (χ0v) is 11.3. The Hall–Kier alpha value is -1.98. The van der Waals surface area contributed by atoms with Crippen molar-refractivity contribution in [2.75, 3.05) is 0 Å². The number of nitrogens with zero attached hydrogens (tertiary/aromatic N) is 1. The Bertz CT molecular complexity index is 564. The van der Waals surface area contributed by atoms with Crippen molar-refractivity contribution in [2.45, 2.75) is 13.5 Å². The minimum Gasteiger partial charge on any atom is -0.269 e. The quantitative estimate of drug-likeness (QED) is 0.673. The highest BCUT2D eigenvalue weighted by molar-refractivity contribution is 7.09. The lowest BCUT2D eigenvalue weighted by Gasteiger charge is -2.03. The molecule has 0 aliphatic heterocycles. The lowest BCUT2D eigenvalue weighted by atomic mass is 10.2. The van der Waals surface area contributed by atoms with Gasteiger partial charge in [0.2, 0.25) is 0 Å². The molecule has 2 aromatic rings. The fraction of sp³-hybridized carbons (Fsp3) is 0.143. The number of aryl methyl sites for hydroxylation is 1. The summed E-state index contributed by atoms with van der Waals surface area (Å²) in [6.07, 6.45) is 3.06. The molecule has 0 radical (unpaired) electrons. The second kappa shape index (κ2) is 6.82. The summed E-state index contributed by atoms with van der Waals surface area (Å²) in [4.78, 5) is 20.8. The minimum absolute atomic E-state index is 0.304. The fourth-order valence-corrected chi connectivity index (χ4v) is 2.00. The van der Waals surface area contributed by atoms with Gasteiger partial charge in [0.25, 0.3) is 5.91 Å². The number of carbonyl (C=O) groups excluding carboxylic acids is 1. The number of rotatable bonds is 5. The van der Waals surface area contributed by atoms with Gasteiger partial charge in [0.05, 0.1) is 17.3 Å². The van der Waals surface area contributed by atoms with Crippen LogP contribution in [0.1, 0.15) is 16.3 Å². The third-order valence-electron chi connectivity index (χ3n) is 2.30. The predicted molar refractivity (Wildman–Crippen MR) is 75.3 cm³/mol. The summed E-state index contributed by atoms with van der Waals surface area (Å²) >= 11 is 1.55. The highest BCUT2D eigenvalue weighted by Gasteiger charge is 1.98. The van der Waals surface area contributed by atoms with Crippen molar-refractivity contribution >= 4 is 23.3 Å². The molecule has 1 amide bonds. The molecule has 0 saturated heterocycles. The van der Waals surface area contributed by atoms with Gasteiger partial charge in [-0.05, 0) is 18.6 Å². The maximum absolute atomic E-state index is 11.5. The Kier molecular flexibility index (Phi) is 4.83. The van der Waals surface area contributed by atoms with Crippen molar-refractivity contribution in [3.05, 3.63) is 58.1 Å². The van der Waals surface area contributed by atoms with Gasteiger partial charge in [0.1, 0.15) is 0 Å². The van der Waals surface area contributed by atoms with E-state index < -0.39 is 0 Å². The summed E-state index contributed by atoms with van der Waals surface area (Å²) in [5, 5.41) is 2.87. The van der Waals surface area contributed by atoms with Crippen LogP contribution in [0.5, 0.6) is 0 Å². The van der Waals surface area contributed by atoms with Gasteiger partial charge in [-0.2, -0.15) is 0 Å². The second-order valence-corrected chi connectivity index (χ2v) is 4.93. The van der Waals surface area contributed by atoms with Crippen LogP contribution in [0, 0.1) is 6.92 Å². The standard InChI is InChI=1S/C14H14N2O2S/c1-11-15-13(10-19-11)7-8-14(17)16-18-9-12-5-3-2-4-6-12/h2-8,10H,9H2,1H3,(H,16,17)/b8-7-. The summed E-state index contributed by atoms with van der Waals surface area (Å²) in [5.41, 5.74) is 4.14. The Balaban J connectivity index is 1.74. The van der Waals surface area contributed by atoms with Crippen LogP contribution in [0.3, 0.4) is 0 Å². The largest absolute Gasteiger partial charge is 0.269 e. The maximum atomic E-state index is 11.5. The zero-order valence-electron chi connectivity index (χ0n) is 10.5. The molecule has 1 aromatic carbocycles. The number of hydrogen-bond donors (Lipinski definition) is 1. The molecule has 1 aromatic heterocycles. The number of thiazole rings is 1. The minimum atomic E-state index is -0.304. The van der Waals surface area contributed by atoms with Gasteiger partial charge in [-0.1, -0.05) is 30.3 Å². The van der Waals surface area contributed by atoms with Crippen LogP contribution in [-0.4, -0.2) is 10.9 Å². The first kappa shape index (κ1) is 13.5. The Morgan fingerprint density at radius 3 is 2.89 bits per heavy atom. The van der Waals surface area contributed by atoms with Gasteiger partial charge < -0.3 is 0 Å². The predicted octanol–water partition coefficient (Wildman–Crippen LogP) is 2.71. The first-order valence-corrected chi connectivity index (χ1v) is 6.68. The van der Waals surface area contributed by atoms with E-state index in [1.165, 1.54) is 6.08 Å². The average molecular weight is 274 g/mol. The summed E-state index contributed by atoms with van der Waals surface area (Å²) in [5.74, 6) is -0.304. The van der Waals surface area contributed by atoms with E-state index in [1.54, 1.807) is 17.4 Å². The van der Waals surface area contributed by atoms with Crippen molar-refractivity contribution in [3.8, 4) is 0 Å². The molecule has 0 saturated carbocycles. The number of hydrogen-bond acceptors (Lipinski definition) is 4. The van der Waals surface area contributed by atoms with E-state index in [0.717, 1.165) is 16.3 Å². The molecule has 0 aliphatic rings. The molecule has 0 atom stereocenters. The van der Waals surface area contributed by atoms with Gasteiger partial charge in [0.15, 0.2) is 0 Å². The Morgan fingerprint density at radius 2 is 2.21 bits per heavy atom. The van der Waals surface area contributed by atoms with Crippen molar-refractivity contribution < 1.29 is 9.63 Å². The number of hydroxylamine groups is 1. The van der Waals surface area contributed by atoms with E-state index in [9.17, 15) is 4.79 Å². The average Bonchev–Trinajstić information content (AvgIpc) is 2.83. The molecule has 19 heavy (non-hydrogen) atoms. The van der Waals surface area contributed by atoms with Gasteiger partial charge in [-0.3, -0.25) is 9.63 Å². The molecular formula is C14H14N2O2S. The van der Waals surface area contributed by atoms with Crippen LogP contribution in [0.4, 0.5) is 0 Å². The van der Waals surface area contributed by atoms with Gasteiger partial charge in [0, 0.05) is 11.5 Å². The Morgan fingerprint density at radius 1 is 1.42 bits per heavy atom. The number of carbonyl (C=O) groups is 1. The lowest BCUT2D eigenvalue weighted by molar-refractivity contribution is -0.129. The molecule has 0 aliphatic carbocycles. The van der Waals surface area contributed by atoms with Crippen LogP contribution < -0.4 is 5.48 Å². The third kappa shape index (κ3) is 4.65. The Labute approximate surface area is 115 Å². The van der Waals surface area contributed by atoms with Crippen LogP contribution in [0.2, 0.25) is 0 Å². The molecule has 5 heteroatoms. The molecule has 1 heterocycles. The summed E-state index contributed by atoms with van der Waals surface area (Å²) in [6, 6.07) is 9.64. The molecule has 2 rings (SSSR count). The second-order valence-electron chi connectivity index (χ2n) is 3.87. The topological polar surface area (TPSA) is 51.2 Å². The van der Waals surface area contributed by atoms with Crippen molar-refractivity contribution in [1.82, 2.24) is 10.5 Å². The first-order valence-electron chi connectivity index (χ1n) is 5.80. The normalized spacial score (nSPS) is 10.8. The van der Waals surface area contributed by atoms with Crippen LogP contribution >= 0.6 is 11.3 Å². The molecule has 98 valence electrons. The fourth-order valence-electron chi connectivity index (χ4n) is 1.42. The monoisotopic (exact) mass is 274 g/mol. The van der Waals surface area contributed by atoms with Crippen molar-refractivity contribution in [3.63, 3.8) is 0 Å². The molecule has 0 unspecified atom stereocenters. The molecule has 1 N–H and O–H groups in total. The van der Waals surface area contributed by atoms with E-state index in [0.29, 0.717) is 6.61 Å². The number of benzene rings is 1.